The molecule has 0 amide bonds. The van der Waals surface area contributed by atoms with Crippen LogP contribution < -0.4 is 0 Å². The van der Waals surface area contributed by atoms with E-state index < -0.39 is 43.2 Å². The quantitative estimate of drug-likeness (QED) is 0.637. The van der Waals surface area contributed by atoms with Crippen LogP contribution in [0.2, 0.25) is 0 Å². The van der Waals surface area contributed by atoms with E-state index >= 15 is 0 Å². The van der Waals surface area contributed by atoms with Crippen LogP contribution in [0.1, 0.15) is 0 Å². The first-order valence-electron chi connectivity index (χ1n) is 5.40. The van der Waals surface area contributed by atoms with Crippen molar-refractivity contribution in [2.45, 2.75) is 4.90 Å². The van der Waals surface area contributed by atoms with Gasteiger partial charge in [-0.3, -0.25) is 14.9 Å². The molecule has 0 unspecified atom stereocenters. The fourth-order valence-electron chi connectivity index (χ4n) is 1.74. The number of hydrogen-bond donors (Lipinski definition) is 1. The largest absolute Gasteiger partial charge is 0.481 e. The number of carbonyl (C=O) groups is 1. The number of sulfonamides is 1. The summed E-state index contributed by atoms with van der Waals surface area (Å²) in [6.07, 6.45) is 0. The van der Waals surface area contributed by atoms with E-state index in [9.17, 15) is 27.7 Å². The number of benzene rings is 1. The Morgan fingerprint density at radius 3 is 2.50 bits per heavy atom. The Labute approximate surface area is 112 Å². The van der Waals surface area contributed by atoms with E-state index in [2.05, 4.69) is 0 Å². The summed E-state index contributed by atoms with van der Waals surface area (Å²) in [5.74, 6) is -3.15. The van der Waals surface area contributed by atoms with Gasteiger partial charge in [-0.05, 0) is 6.07 Å². The smallest absolute Gasteiger partial charge is 0.309 e. The molecule has 1 saturated heterocycles. The average molecular weight is 304 g/mol. The van der Waals surface area contributed by atoms with Crippen LogP contribution in [0.15, 0.2) is 23.1 Å². The van der Waals surface area contributed by atoms with E-state index in [0.717, 1.165) is 16.4 Å². The van der Waals surface area contributed by atoms with Gasteiger partial charge < -0.3 is 5.11 Å². The number of aliphatic carboxylic acids is 1. The molecule has 0 aliphatic carbocycles. The minimum atomic E-state index is -4.03. The van der Waals surface area contributed by atoms with Gasteiger partial charge >= 0.3 is 11.7 Å². The molecule has 0 bridgehead atoms. The molecule has 1 N–H and O–H groups in total. The van der Waals surface area contributed by atoms with E-state index in [-0.39, 0.29) is 13.1 Å². The Kier molecular flexibility index (Phi) is 3.44. The molecule has 0 atom stereocenters. The third kappa shape index (κ3) is 2.34. The fourth-order valence-corrected chi connectivity index (χ4v) is 3.28. The number of carboxylic acid groups (broad SMARTS) is 1. The Hall–Kier alpha value is -2.07. The number of nitro groups is 1. The second-order valence-electron chi connectivity index (χ2n) is 4.23. The standard InChI is InChI=1S/C10H9FN2O6S/c11-8-3-7(1-2-9(8)13(16)17)20(18,19)12-4-6(5-12)10(14)15/h1-3,6H,4-5H2,(H,14,15). The summed E-state index contributed by atoms with van der Waals surface area (Å²) in [4.78, 5) is 19.6. The van der Waals surface area contributed by atoms with Gasteiger partial charge in [0.2, 0.25) is 15.8 Å². The van der Waals surface area contributed by atoms with E-state index in [1.807, 2.05) is 0 Å². The van der Waals surface area contributed by atoms with E-state index in [1.54, 1.807) is 0 Å². The van der Waals surface area contributed by atoms with Gasteiger partial charge in [0.05, 0.1) is 15.7 Å². The van der Waals surface area contributed by atoms with Gasteiger partial charge in [-0.15, -0.1) is 0 Å². The summed E-state index contributed by atoms with van der Waals surface area (Å²) in [6.45, 7) is -0.396. The van der Waals surface area contributed by atoms with Crippen molar-refractivity contribution in [1.82, 2.24) is 4.31 Å². The fraction of sp³-hybridized carbons (Fsp3) is 0.300. The number of rotatable bonds is 4. The molecule has 1 aliphatic heterocycles. The van der Waals surface area contributed by atoms with Crippen molar-refractivity contribution in [3.8, 4) is 0 Å². The highest BCUT2D eigenvalue weighted by Crippen LogP contribution is 2.27. The molecule has 8 nitrogen and oxygen atoms in total. The lowest BCUT2D eigenvalue weighted by Crippen LogP contribution is -2.52. The van der Waals surface area contributed by atoms with Crippen LogP contribution in [0.25, 0.3) is 0 Å². The zero-order valence-corrected chi connectivity index (χ0v) is 10.7. The molecule has 20 heavy (non-hydrogen) atoms. The minimum Gasteiger partial charge on any atom is -0.481 e. The maximum absolute atomic E-state index is 13.4. The van der Waals surface area contributed by atoms with Crippen molar-refractivity contribution >= 4 is 21.7 Å². The number of carboxylic acids is 1. The molecular formula is C10H9FN2O6S. The number of hydrogen-bond acceptors (Lipinski definition) is 5. The Morgan fingerprint density at radius 2 is 2.05 bits per heavy atom. The topological polar surface area (TPSA) is 118 Å². The third-order valence-corrected chi connectivity index (χ3v) is 4.78. The highest BCUT2D eigenvalue weighted by molar-refractivity contribution is 7.89. The maximum Gasteiger partial charge on any atom is 0.309 e. The summed E-state index contributed by atoms with van der Waals surface area (Å²) in [6, 6.07) is 2.24. The first-order chi connectivity index (χ1) is 9.23. The second-order valence-corrected chi connectivity index (χ2v) is 6.17. The van der Waals surface area contributed by atoms with Gasteiger partial charge in [0, 0.05) is 25.2 Å². The molecule has 10 heteroatoms. The summed E-state index contributed by atoms with van der Waals surface area (Å²) in [7, 11) is -4.03. The molecule has 1 aromatic rings. The Morgan fingerprint density at radius 1 is 1.45 bits per heavy atom. The van der Waals surface area contributed by atoms with Crippen molar-refractivity contribution in [3.63, 3.8) is 0 Å². The highest BCUT2D eigenvalue weighted by atomic mass is 32.2. The van der Waals surface area contributed by atoms with Gasteiger partial charge in [0.1, 0.15) is 0 Å². The first kappa shape index (κ1) is 14.3. The van der Waals surface area contributed by atoms with E-state index in [0.29, 0.717) is 6.07 Å². The minimum absolute atomic E-state index is 0.198. The number of nitrogens with zero attached hydrogens (tertiary/aromatic N) is 2. The number of nitro benzene ring substituents is 1. The van der Waals surface area contributed by atoms with Gasteiger partial charge in [-0.25, -0.2) is 8.42 Å². The first-order valence-corrected chi connectivity index (χ1v) is 6.84. The zero-order valence-electron chi connectivity index (χ0n) is 9.89. The van der Waals surface area contributed by atoms with Crippen LogP contribution in [0, 0.1) is 21.8 Å². The van der Waals surface area contributed by atoms with Crippen LogP contribution in [0.3, 0.4) is 0 Å². The van der Waals surface area contributed by atoms with Crippen molar-refractivity contribution in [3.05, 3.63) is 34.1 Å². The lowest BCUT2D eigenvalue weighted by atomic mass is 10.0. The van der Waals surface area contributed by atoms with E-state index in [4.69, 9.17) is 5.11 Å². The molecule has 0 spiro atoms. The Bertz CT molecular complexity index is 683. The van der Waals surface area contributed by atoms with Crippen LogP contribution in [-0.4, -0.2) is 41.8 Å². The van der Waals surface area contributed by atoms with Gasteiger partial charge in [-0.1, -0.05) is 0 Å². The average Bonchev–Trinajstić information content (AvgIpc) is 2.24. The maximum atomic E-state index is 13.4. The molecule has 108 valence electrons. The molecule has 0 saturated carbocycles. The highest BCUT2D eigenvalue weighted by Gasteiger charge is 2.40. The molecule has 2 rings (SSSR count). The van der Waals surface area contributed by atoms with Crippen molar-refractivity contribution in [2.24, 2.45) is 5.92 Å². The van der Waals surface area contributed by atoms with Gasteiger partial charge in [-0.2, -0.15) is 8.70 Å². The lowest BCUT2D eigenvalue weighted by molar-refractivity contribution is -0.387. The molecule has 0 aromatic heterocycles. The van der Waals surface area contributed by atoms with Crippen LogP contribution >= 0.6 is 0 Å². The predicted octanol–water partition coefficient (Wildman–Crippen LogP) is 0.439. The third-order valence-electron chi connectivity index (χ3n) is 2.95. The summed E-state index contributed by atoms with van der Waals surface area (Å²) in [5, 5.41) is 19.1. The molecule has 1 aliphatic rings. The normalized spacial score (nSPS) is 16.6. The monoisotopic (exact) mass is 304 g/mol. The Balaban J connectivity index is 2.26. The SMILES string of the molecule is O=C(O)C1CN(S(=O)(=O)c2ccc([N+](=O)[O-])c(F)c2)C1. The van der Waals surface area contributed by atoms with Crippen LogP contribution in [0.4, 0.5) is 10.1 Å². The second kappa shape index (κ2) is 4.80. The lowest BCUT2D eigenvalue weighted by Gasteiger charge is -2.35. The summed E-state index contributed by atoms with van der Waals surface area (Å²) in [5.41, 5.74) is -0.823. The molecule has 0 radical (unpaired) electrons. The van der Waals surface area contributed by atoms with Crippen molar-refractivity contribution < 1.29 is 27.6 Å². The molecule has 1 heterocycles. The zero-order chi connectivity index (χ0) is 15.1. The van der Waals surface area contributed by atoms with Crippen molar-refractivity contribution in [2.75, 3.05) is 13.1 Å². The number of halogens is 1. The summed E-state index contributed by atoms with van der Waals surface area (Å²) < 4.78 is 38.3. The molecule has 1 aromatic carbocycles. The van der Waals surface area contributed by atoms with E-state index in [1.165, 1.54) is 0 Å². The molecule has 1 fully saturated rings. The predicted molar refractivity (Wildman–Crippen MR) is 62.9 cm³/mol. The van der Waals surface area contributed by atoms with Gasteiger partial charge in [0.15, 0.2) is 0 Å². The summed E-state index contributed by atoms with van der Waals surface area (Å²) >= 11 is 0. The molecular weight excluding hydrogens is 295 g/mol. The van der Waals surface area contributed by atoms with Crippen LogP contribution in [0.5, 0.6) is 0 Å². The van der Waals surface area contributed by atoms with Crippen molar-refractivity contribution in [1.29, 1.82) is 0 Å². The van der Waals surface area contributed by atoms with Crippen LogP contribution in [-0.2, 0) is 14.8 Å². The van der Waals surface area contributed by atoms with Gasteiger partial charge in [0.25, 0.3) is 0 Å².